The van der Waals surface area contributed by atoms with E-state index < -0.39 is 0 Å². The van der Waals surface area contributed by atoms with Gasteiger partial charge in [0.1, 0.15) is 0 Å². The van der Waals surface area contributed by atoms with Gasteiger partial charge < -0.3 is 14.6 Å². The molecule has 1 N–H and O–H groups in total. The molecule has 0 radical (unpaired) electrons. The van der Waals surface area contributed by atoms with Crippen molar-refractivity contribution in [2.75, 3.05) is 11.9 Å². The fourth-order valence-electron chi connectivity index (χ4n) is 2.92. The van der Waals surface area contributed by atoms with Crippen LogP contribution >= 0.6 is 0 Å². The second kappa shape index (κ2) is 8.36. The predicted octanol–water partition coefficient (Wildman–Crippen LogP) is 4.49. The van der Waals surface area contributed by atoms with Gasteiger partial charge in [-0.15, -0.1) is 0 Å². The van der Waals surface area contributed by atoms with Crippen molar-refractivity contribution in [3.63, 3.8) is 0 Å². The molecule has 0 aliphatic rings. The summed E-state index contributed by atoms with van der Waals surface area (Å²) in [5, 5.41) is 3.87. The average Bonchev–Trinajstić information content (AvgIpc) is 3.07. The van der Waals surface area contributed by atoms with E-state index in [-0.39, 0.29) is 11.9 Å². The van der Waals surface area contributed by atoms with Crippen molar-refractivity contribution in [2.45, 2.75) is 20.4 Å². The summed E-state index contributed by atoms with van der Waals surface area (Å²) in [6.07, 6.45) is 4.95. The molecule has 2 aromatic carbocycles. The fraction of sp³-hybridized carbons (Fsp3) is 0.182. The number of fused-ring (bicyclic) bond motifs is 1. The van der Waals surface area contributed by atoms with Gasteiger partial charge in [0, 0.05) is 35.4 Å². The summed E-state index contributed by atoms with van der Waals surface area (Å²) in [6.45, 7) is 4.97. The lowest BCUT2D eigenvalue weighted by Crippen LogP contribution is -2.11. The van der Waals surface area contributed by atoms with Gasteiger partial charge in [-0.25, -0.2) is 4.79 Å². The molecule has 0 aliphatic carbocycles. The molecule has 5 nitrogen and oxygen atoms in total. The maximum absolute atomic E-state index is 12.7. The quantitative estimate of drug-likeness (QED) is 0.519. The minimum Gasteiger partial charge on any atom is -0.463 e. The highest BCUT2D eigenvalue weighted by atomic mass is 16.5. The lowest BCUT2D eigenvalue weighted by molar-refractivity contribution is -0.137. The standard InChI is InChI=1S/C22H22N2O3/c1-3-24-15-19(18-7-5-6-8-20(18)24)22(26)23-17-12-9-16(10-13-17)11-14-21(25)27-4-2/h5-15H,3-4H2,1-2H3,(H,23,26)/b14-11+. The number of amides is 1. The maximum Gasteiger partial charge on any atom is 0.330 e. The first-order chi connectivity index (χ1) is 13.1. The monoisotopic (exact) mass is 362 g/mol. The van der Waals surface area contributed by atoms with Crippen LogP contribution in [0.3, 0.4) is 0 Å². The van der Waals surface area contributed by atoms with Crippen LogP contribution in [0.25, 0.3) is 17.0 Å². The van der Waals surface area contributed by atoms with Crippen LogP contribution in [-0.4, -0.2) is 23.1 Å². The third kappa shape index (κ3) is 4.26. The Bertz CT molecular complexity index is 984. The van der Waals surface area contributed by atoms with Gasteiger partial charge >= 0.3 is 5.97 Å². The molecule has 0 aliphatic heterocycles. The molecule has 0 saturated carbocycles. The van der Waals surface area contributed by atoms with E-state index in [9.17, 15) is 9.59 Å². The number of ether oxygens (including phenoxy) is 1. The summed E-state index contributed by atoms with van der Waals surface area (Å²) in [6, 6.07) is 15.2. The Kier molecular flexibility index (Phi) is 5.71. The number of hydrogen-bond donors (Lipinski definition) is 1. The highest BCUT2D eigenvalue weighted by Crippen LogP contribution is 2.22. The molecule has 0 atom stereocenters. The van der Waals surface area contributed by atoms with Crippen LogP contribution in [0.5, 0.6) is 0 Å². The van der Waals surface area contributed by atoms with Crippen LogP contribution in [0.15, 0.2) is 60.8 Å². The van der Waals surface area contributed by atoms with Crippen LogP contribution in [0.2, 0.25) is 0 Å². The molecule has 0 fully saturated rings. The zero-order valence-electron chi connectivity index (χ0n) is 15.4. The zero-order valence-corrected chi connectivity index (χ0v) is 15.4. The summed E-state index contributed by atoms with van der Waals surface area (Å²) >= 11 is 0. The largest absolute Gasteiger partial charge is 0.463 e. The number of rotatable bonds is 6. The van der Waals surface area contributed by atoms with E-state index in [4.69, 9.17) is 4.74 Å². The van der Waals surface area contributed by atoms with Crippen molar-refractivity contribution in [3.8, 4) is 0 Å². The molecule has 0 saturated heterocycles. The van der Waals surface area contributed by atoms with E-state index in [1.807, 2.05) is 54.7 Å². The summed E-state index contributed by atoms with van der Waals surface area (Å²) in [5.74, 6) is -0.518. The highest BCUT2D eigenvalue weighted by Gasteiger charge is 2.14. The number of aryl methyl sites for hydroxylation is 1. The molecule has 1 heterocycles. The third-order valence-corrected chi connectivity index (χ3v) is 4.24. The molecule has 0 spiro atoms. The fourth-order valence-corrected chi connectivity index (χ4v) is 2.92. The number of carbonyl (C=O) groups excluding carboxylic acids is 2. The van der Waals surface area contributed by atoms with Crippen molar-refractivity contribution in [3.05, 3.63) is 71.9 Å². The van der Waals surface area contributed by atoms with Crippen molar-refractivity contribution < 1.29 is 14.3 Å². The van der Waals surface area contributed by atoms with E-state index in [0.717, 1.165) is 23.0 Å². The maximum atomic E-state index is 12.7. The number of benzene rings is 2. The molecule has 1 aromatic heterocycles. The van der Waals surface area contributed by atoms with Gasteiger partial charge in [0.05, 0.1) is 12.2 Å². The molecule has 27 heavy (non-hydrogen) atoms. The number of aromatic nitrogens is 1. The lowest BCUT2D eigenvalue weighted by Gasteiger charge is -2.05. The number of anilines is 1. The van der Waals surface area contributed by atoms with E-state index >= 15 is 0 Å². The Balaban J connectivity index is 1.74. The smallest absolute Gasteiger partial charge is 0.330 e. The van der Waals surface area contributed by atoms with Crippen LogP contribution in [-0.2, 0) is 16.1 Å². The van der Waals surface area contributed by atoms with Crippen LogP contribution < -0.4 is 5.32 Å². The second-order valence-electron chi connectivity index (χ2n) is 6.01. The van der Waals surface area contributed by atoms with E-state index in [1.54, 1.807) is 13.0 Å². The molecular weight excluding hydrogens is 340 g/mol. The minimum absolute atomic E-state index is 0.145. The summed E-state index contributed by atoms with van der Waals surface area (Å²) < 4.78 is 6.91. The SMILES string of the molecule is CCOC(=O)/C=C/c1ccc(NC(=O)c2cn(CC)c3ccccc23)cc1. The molecule has 138 valence electrons. The van der Waals surface area contributed by atoms with Crippen molar-refractivity contribution >= 4 is 34.5 Å². The molecule has 0 unspecified atom stereocenters. The molecule has 0 bridgehead atoms. The normalized spacial score (nSPS) is 11.0. The Hall–Kier alpha value is -3.34. The summed E-state index contributed by atoms with van der Waals surface area (Å²) in [5.41, 5.74) is 3.24. The third-order valence-electron chi connectivity index (χ3n) is 4.24. The van der Waals surface area contributed by atoms with Crippen molar-refractivity contribution in [2.24, 2.45) is 0 Å². The second-order valence-corrected chi connectivity index (χ2v) is 6.01. The molecule has 3 rings (SSSR count). The van der Waals surface area contributed by atoms with Crippen LogP contribution in [0.1, 0.15) is 29.8 Å². The van der Waals surface area contributed by atoms with E-state index in [0.29, 0.717) is 17.9 Å². The Morgan fingerprint density at radius 2 is 1.81 bits per heavy atom. The molecule has 5 heteroatoms. The van der Waals surface area contributed by atoms with Gasteiger partial charge in [0.15, 0.2) is 0 Å². The number of nitrogens with one attached hydrogen (secondary N) is 1. The Labute approximate surface area is 158 Å². The molecular formula is C22H22N2O3. The summed E-state index contributed by atoms with van der Waals surface area (Å²) in [7, 11) is 0. The first-order valence-corrected chi connectivity index (χ1v) is 8.96. The van der Waals surface area contributed by atoms with Gasteiger partial charge in [0.25, 0.3) is 5.91 Å². The predicted molar refractivity (Wildman–Crippen MR) is 108 cm³/mol. The number of carbonyl (C=O) groups is 2. The first-order valence-electron chi connectivity index (χ1n) is 8.96. The first kappa shape index (κ1) is 18.5. The Morgan fingerprint density at radius 3 is 2.52 bits per heavy atom. The molecule has 3 aromatic rings. The number of para-hydroxylation sites is 1. The Morgan fingerprint density at radius 1 is 1.07 bits per heavy atom. The average molecular weight is 362 g/mol. The number of esters is 1. The molecule has 1 amide bonds. The lowest BCUT2D eigenvalue weighted by atomic mass is 10.1. The highest BCUT2D eigenvalue weighted by molar-refractivity contribution is 6.13. The van der Waals surface area contributed by atoms with Crippen LogP contribution in [0.4, 0.5) is 5.69 Å². The van der Waals surface area contributed by atoms with Gasteiger partial charge in [-0.3, -0.25) is 4.79 Å². The topological polar surface area (TPSA) is 60.3 Å². The number of nitrogens with zero attached hydrogens (tertiary/aromatic N) is 1. The van der Waals surface area contributed by atoms with E-state index in [2.05, 4.69) is 16.8 Å². The summed E-state index contributed by atoms with van der Waals surface area (Å²) in [4.78, 5) is 24.1. The van der Waals surface area contributed by atoms with Gasteiger partial charge in [-0.1, -0.05) is 30.3 Å². The van der Waals surface area contributed by atoms with E-state index in [1.165, 1.54) is 6.08 Å². The van der Waals surface area contributed by atoms with Crippen LogP contribution in [0, 0.1) is 0 Å². The van der Waals surface area contributed by atoms with Gasteiger partial charge in [-0.2, -0.15) is 0 Å². The number of hydrogen-bond acceptors (Lipinski definition) is 3. The van der Waals surface area contributed by atoms with Crippen molar-refractivity contribution in [1.29, 1.82) is 0 Å². The zero-order chi connectivity index (χ0) is 19.2. The minimum atomic E-state index is -0.373. The van der Waals surface area contributed by atoms with Gasteiger partial charge in [-0.05, 0) is 43.7 Å². The van der Waals surface area contributed by atoms with Gasteiger partial charge in [0.2, 0.25) is 0 Å². The van der Waals surface area contributed by atoms with Crippen molar-refractivity contribution in [1.82, 2.24) is 4.57 Å².